The molecule has 1 N–H and O–H groups in total. The topological polar surface area (TPSA) is 46.5 Å². The van der Waals surface area contributed by atoms with Gasteiger partial charge in [0.1, 0.15) is 0 Å². The first-order chi connectivity index (χ1) is 16.7. The second-order valence-electron chi connectivity index (χ2n) is 9.86. The summed E-state index contributed by atoms with van der Waals surface area (Å²) in [5.74, 6) is 3.22. The van der Waals surface area contributed by atoms with Gasteiger partial charge in [-0.15, -0.1) is 0 Å². The molecule has 34 heavy (non-hydrogen) atoms. The lowest BCUT2D eigenvalue weighted by Gasteiger charge is -2.27. The molecule has 2 bridgehead atoms. The minimum absolute atomic E-state index is 0.271. The van der Waals surface area contributed by atoms with Gasteiger partial charge in [0.05, 0.1) is 12.2 Å². The third-order valence-corrected chi connectivity index (χ3v) is 8.38. The van der Waals surface area contributed by atoms with Crippen LogP contribution in [0.5, 0.6) is 0 Å². The highest BCUT2D eigenvalue weighted by Gasteiger charge is 2.47. The average molecular weight is 485 g/mol. The highest BCUT2D eigenvalue weighted by Crippen LogP contribution is 2.47. The third-order valence-electron chi connectivity index (χ3n) is 7.28. The molecule has 2 fully saturated rings. The number of carboxylic acid groups (broad SMARTS) is 1. The van der Waals surface area contributed by atoms with Gasteiger partial charge in [-0.25, -0.2) is 0 Å². The van der Waals surface area contributed by atoms with Crippen molar-refractivity contribution < 1.29 is 14.6 Å². The molecule has 2 saturated heterocycles. The lowest BCUT2D eigenvalue weighted by molar-refractivity contribution is -0.137. The fourth-order valence-electron chi connectivity index (χ4n) is 5.48. The summed E-state index contributed by atoms with van der Waals surface area (Å²) in [6.45, 7) is 0. The summed E-state index contributed by atoms with van der Waals surface area (Å²) in [6, 6.07) is 10.8. The van der Waals surface area contributed by atoms with Crippen LogP contribution in [0.4, 0.5) is 0 Å². The van der Waals surface area contributed by atoms with Crippen LogP contribution < -0.4 is 0 Å². The van der Waals surface area contributed by atoms with Crippen LogP contribution in [0.2, 0.25) is 0 Å². The van der Waals surface area contributed by atoms with E-state index in [4.69, 9.17) is 9.84 Å². The number of benzene rings is 1. The highest BCUT2D eigenvalue weighted by atomic mass is 32.2. The van der Waals surface area contributed by atoms with Crippen LogP contribution in [0.25, 0.3) is 0 Å². The molecule has 1 aromatic carbocycles. The van der Waals surface area contributed by atoms with E-state index in [9.17, 15) is 4.79 Å². The predicted molar refractivity (Wildman–Crippen MR) is 144 cm³/mol. The Kier molecular flexibility index (Phi) is 12.9. The molecule has 0 unspecified atom stereocenters. The van der Waals surface area contributed by atoms with Crippen LogP contribution in [0.3, 0.4) is 0 Å². The zero-order valence-corrected chi connectivity index (χ0v) is 21.6. The Labute approximate surface area is 211 Å². The molecule has 3 nitrogen and oxygen atoms in total. The first-order valence-electron chi connectivity index (χ1n) is 13.5. The van der Waals surface area contributed by atoms with E-state index in [1.165, 1.54) is 74.9 Å². The van der Waals surface area contributed by atoms with Gasteiger partial charge in [-0.05, 0) is 99.5 Å². The molecule has 0 spiro atoms. The molecule has 2 heterocycles. The number of carbonyl (C=O) groups is 1. The van der Waals surface area contributed by atoms with E-state index < -0.39 is 5.97 Å². The van der Waals surface area contributed by atoms with Crippen molar-refractivity contribution in [2.75, 3.05) is 11.5 Å². The molecule has 3 rings (SSSR count). The number of thioether (sulfide) groups is 1. The second kappa shape index (κ2) is 16.2. The Morgan fingerprint density at radius 2 is 1.62 bits per heavy atom. The molecule has 2 aliphatic rings. The monoisotopic (exact) mass is 484 g/mol. The van der Waals surface area contributed by atoms with Crippen molar-refractivity contribution in [2.24, 2.45) is 11.8 Å². The highest BCUT2D eigenvalue weighted by molar-refractivity contribution is 7.99. The molecule has 0 aromatic heterocycles. The second-order valence-corrected chi connectivity index (χ2v) is 11.1. The van der Waals surface area contributed by atoms with Gasteiger partial charge < -0.3 is 9.84 Å². The van der Waals surface area contributed by atoms with E-state index in [0.29, 0.717) is 18.1 Å². The zero-order chi connectivity index (χ0) is 23.8. The van der Waals surface area contributed by atoms with Crippen molar-refractivity contribution in [1.82, 2.24) is 0 Å². The number of carboxylic acids is 1. The zero-order valence-electron chi connectivity index (χ0n) is 20.8. The number of hydrogen-bond donors (Lipinski definition) is 1. The van der Waals surface area contributed by atoms with E-state index in [1.807, 2.05) is 0 Å². The number of unbranched alkanes of at least 4 members (excludes halogenated alkanes) is 3. The van der Waals surface area contributed by atoms with Crippen LogP contribution in [0, 0.1) is 11.8 Å². The molecular formula is C30H44O3S. The molecule has 2 aliphatic heterocycles. The van der Waals surface area contributed by atoms with Gasteiger partial charge in [-0.2, -0.15) is 11.8 Å². The molecule has 0 aliphatic carbocycles. The largest absolute Gasteiger partial charge is 0.481 e. The Bertz CT molecular complexity index is 745. The fourth-order valence-corrected chi connectivity index (χ4v) is 6.40. The van der Waals surface area contributed by atoms with Gasteiger partial charge in [0.25, 0.3) is 0 Å². The SMILES string of the molecule is O=C(O)CCCC=CC[C@@H]1[C@H](CCCCSCCC=CCCCc2ccccc2)[C@@H]2CC[C@H]1O2. The summed E-state index contributed by atoms with van der Waals surface area (Å²) < 4.78 is 6.26. The molecule has 4 heteroatoms. The first-order valence-corrected chi connectivity index (χ1v) is 14.7. The minimum atomic E-state index is -0.695. The van der Waals surface area contributed by atoms with Crippen molar-refractivity contribution >= 4 is 17.7 Å². The Balaban J connectivity index is 1.18. The summed E-state index contributed by atoms with van der Waals surface area (Å²) >= 11 is 2.10. The Hall–Kier alpha value is -1.52. The van der Waals surface area contributed by atoms with Gasteiger partial charge in [0.2, 0.25) is 0 Å². The smallest absolute Gasteiger partial charge is 0.303 e. The van der Waals surface area contributed by atoms with E-state index in [0.717, 1.165) is 25.2 Å². The quantitative estimate of drug-likeness (QED) is 0.170. The molecule has 188 valence electrons. The lowest BCUT2D eigenvalue weighted by Crippen LogP contribution is -2.26. The summed E-state index contributed by atoms with van der Waals surface area (Å²) in [5, 5.41) is 8.74. The summed E-state index contributed by atoms with van der Waals surface area (Å²) in [7, 11) is 0. The fraction of sp³-hybridized carbons (Fsp3) is 0.633. The minimum Gasteiger partial charge on any atom is -0.481 e. The maximum Gasteiger partial charge on any atom is 0.303 e. The van der Waals surface area contributed by atoms with E-state index >= 15 is 0 Å². The Morgan fingerprint density at radius 3 is 2.44 bits per heavy atom. The summed E-state index contributed by atoms with van der Waals surface area (Å²) in [5.41, 5.74) is 1.44. The lowest BCUT2D eigenvalue weighted by atomic mass is 9.75. The molecular weight excluding hydrogens is 440 g/mol. The average Bonchev–Trinajstić information content (AvgIpc) is 3.44. The first kappa shape index (κ1) is 27.1. The van der Waals surface area contributed by atoms with Crippen LogP contribution >= 0.6 is 11.8 Å². The number of hydrogen-bond acceptors (Lipinski definition) is 3. The molecule has 0 amide bonds. The number of aryl methyl sites for hydroxylation is 1. The standard InChI is InChI=1S/C30H44O3S/c31-30(32)20-11-4-3-10-18-26-27(29-22-21-28(26)33-29)19-12-14-24-34-23-13-5-1-2-7-15-25-16-8-6-9-17-25/h1,3,5-6,8-10,16-17,26-29H,2,4,7,11-15,18-24H2,(H,31,32)/t26-,27+,28-,29+/m1/s1. The molecule has 0 radical (unpaired) electrons. The van der Waals surface area contributed by atoms with Gasteiger partial charge in [0.15, 0.2) is 0 Å². The summed E-state index contributed by atoms with van der Waals surface area (Å²) in [4.78, 5) is 10.6. The van der Waals surface area contributed by atoms with E-state index in [2.05, 4.69) is 66.4 Å². The number of allylic oxidation sites excluding steroid dienone is 4. The summed E-state index contributed by atoms with van der Waals surface area (Å²) in [6.07, 6.45) is 24.4. The van der Waals surface area contributed by atoms with Crippen LogP contribution in [-0.4, -0.2) is 34.8 Å². The normalized spacial score (nSPS) is 24.0. The number of rotatable bonds is 18. The van der Waals surface area contributed by atoms with Crippen molar-refractivity contribution in [3.63, 3.8) is 0 Å². The van der Waals surface area contributed by atoms with E-state index in [-0.39, 0.29) is 6.42 Å². The van der Waals surface area contributed by atoms with E-state index in [1.54, 1.807) is 0 Å². The maximum atomic E-state index is 10.6. The van der Waals surface area contributed by atoms with Crippen LogP contribution in [0.1, 0.15) is 82.6 Å². The van der Waals surface area contributed by atoms with Crippen molar-refractivity contribution in [3.8, 4) is 0 Å². The number of ether oxygens (including phenoxy) is 1. The van der Waals surface area contributed by atoms with Crippen molar-refractivity contribution in [3.05, 3.63) is 60.2 Å². The predicted octanol–water partition coefficient (Wildman–Crippen LogP) is 7.85. The molecule has 4 atom stereocenters. The third kappa shape index (κ3) is 10.00. The molecule has 1 aromatic rings. The van der Waals surface area contributed by atoms with Crippen molar-refractivity contribution in [1.29, 1.82) is 0 Å². The van der Waals surface area contributed by atoms with Crippen molar-refractivity contribution in [2.45, 2.75) is 95.7 Å². The molecule has 0 saturated carbocycles. The Morgan fingerprint density at radius 1 is 0.882 bits per heavy atom. The number of fused-ring (bicyclic) bond motifs is 2. The van der Waals surface area contributed by atoms with Gasteiger partial charge in [-0.3, -0.25) is 4.79 Å². The number of aliphatic carboxylic acids is 1. The van der Waals surface area contributed by atoms with Gasteiger partial charge in [0, 0.05) is 6.42 Å². The van der Waals surface area contributed by atoms with Gasteiger partial charge >= 0.3 is 5.97 Å². The van der Waals surface area contributed by atoms with Gasteiger partial charge in [-0.1, -0.05) is 61.1 Å². The van der Waals surface area contributed by atoms with Crippen LogP contribution in [-0.2, 0) is 16.0 Å². The van der Waals surface area contributed by atoms with Crippen LogP contribution in [0.15, 0.2) is 54.6 Å². The maximum absolute atomic E-state index is 10.6.